The molecule has 0 amide bonds. The molecular weight excluding hydrogens is 344 g/mol. The lowest BCUT2D eigenvalue weighted by molar-refractivity contribution is -0.129. The summed E-state index contributed by atoms with van der Waals surface area (Å²) in [5, 5.41) is 0. The van der Waals surface area contributed by atoms with Crippen LogP contribution in [0.15, 0.2) is 53.2 Å². The Morgan fingerprint density at radius 1 is 1.15 bits per heavy atom. The summed E-state index contributed by atoms with van der Waals surface area (Å²) in [5.74, 6) is -0.562. The molecule has 0 aromatic heterocycles. The molecule has 5 nitrogen and oxygen atoms in total. The van der Waals surface area contributed by atoms with Gasteiger partial charge in [-0.3, -0.25) is 0 Å². The van der Waals surface area contributed by atoms with Crippen LogP contribution in [0.25, 0.3) is 6.08 Å². The van der Waals surface area contributed by atoms with Crippen molar-refractivity contribution in [2.75, 3.05) is 7.11 Å². The number of carbonyl (C=O) groups excluding carboxylic acids is 1. The number of nitrogens with zero attached hydrogens (tertiary/aromatic N) is 1. The van der Waals surface area contributed by atoms with Crippen LogP contribution in [0.3, 0.4) is 0 Å². The first kappa shape index (κ1) is 17.6. The van der Waals surface area contributed by atoms with Crippen molar-refractivity contribution in [2.24, 2.45) is 4.99 Å². The molecule has 134 valence electrons. The summed E-state index contributed by atoms with van der Waals surface area (Å²) in [6, 6.07) is 11.8. The molecule has 0 aliphatic carbocycles. The molecule has 26 heavy (non-hydrogen) atoms. The van der Waals surface area contributed by atoms with Gasteiger partial charge in [-0.1, -0.05) is 29.8 Å². The van der Waals surface area contributed by atoms with Gasteiger partial charge in [-0.2, -0.15) is 8.78 Å². The Balaban J connectivity index is 1.91. The first-order valence-electron chi connectivity index (χ1n) is 7.68. The summed E-state index contributed by atoms with van der Waals surface area (Å²) in [6.07, 6.45) is 1.62. The van der Waals surface area contributed by atoms with Crippen molar-refractivity contribution in [1.82, 2.24) is 0 Å². The van der Waals surface area contributed by atoms with Gasteiger partial charge in [0.25, 0.3) is 0 Å². The van der Waals surface area contributed by atoms with Crippen LogP contribution >= 0.6 is 0 Å². The van der Waals surface area contributed by atoms with Crippen LogP contribution in [0.4, 0.5) is 8.78 Å². The highest BCUT2D eigenvalue weighted by Gasteiger charge is 2.25. The van der Waals surface area contributed by atoms with E-state index in [-0.39, 0.29) is 23.1 Å². The molecule has 3 rings (SSSR count). The second-order valence-corrected chi connectivity index (χ2v) is 5.49. The summed E-state index contributed by atoms with van der Waals surface area (Å²) < 4.78 is 39.4. The molecule has 0 unspecified atom stereocenters. The van der Waals surface area contributed by atoms with E-state index in [9.17, 15) is 13.6 Å². The topological polar surface area (TPSA) is 57.1 Å². The quantitative estimate of drug-likeness (QED) is 0.599. The molecule has 0 saturated carbocycles. The number of alkyl halides is 2. The molecule has 0 saturated heterocycles. The van der Waals surface area contributed by atoms with Crippen LogP contribution in [0.1, 0.15) is 16.7 Å². The van der Waals surface area contributed by atoms with E-state index in [1.807, 2.05) is 31.2 Å². The lowest BCUT2D eigenvalue weighted by Crippen LogP contribution is -2.07. The fourth-order valence-corrected chi connectivity index (χ4v) is 2.44. The van der Waals surface area contributed by atoms with Crippen LogP contribution < -0.4 is 9.47 Å². The summed E-state index contributed by atoms with van der Waals surface area (Å²) in [7, 11) is 1.32. The van der Waals surface area contributed by atoms with E-state index in [0.717, 1.165) is 11.1 Å². The maximum absolute atomic E-state index is 12.4. The molecular formula is C19H15F2NO4. The highest BCUT2D eigenvalue weighted by Crippen LogP contribution is 2.31. The Hall–Kier alpha value is -3.22. The van der Waals surface area contributed by atoms with Gasteiger partial charge in [0.1, 0.15) is 0 Å². The number of halogens is 2. The van der Waals surface area contributed by atoms with Gasteiger partial charge in [0.2, 0.25) is 5.90 Å². The number of carbonyl (C=O) groups is 1. The summed E-state index contributed by atoms with van der Waals surface area (Å²) in [4.78, 5) is 16.2. The van der Waals surface area contributed by atoms with Gasteiger partial charge in [0.05, 0.1) is 7.11 Å². The third kappa shape index (κ3) is 3.88. The van der Waals surface area contributed by atoms with Crippen molar-refractivity contribution in [3.63, 3.8) is 0 Å². The standard InChI is InChI=1S/C19H15F2NO4/c1-11-4-3-5-12(8-11)9-14-18(23)26-17(22-14)13-6-7-15(25-19(20)21)16(10-13)24-2/h3-10,19H,1-2H3/b14-9+. The Kier molecular flexibility index (Phi) is 4.97. The zero-order valence-electron chi connectivity index (χ0n) is 14.0. The van der Waals surface area contributed by atoms with Gasteiger partial charge in [0, 0.05) is 5.56 Å². The van der Waals surface area contributed by atoms with Crippen LogP contribution in [0.5, 0.6) is 11.5 Å². The highest BCUT2D eigenvalue weighted by atomic mass is 19.3. The number of cyclic esters (lactones) is 1. The molecule has 0 bridgehead atoms. The first-order chi connectivity index (χ1) is 12.5. The third-order valence-electron chi connectivity index (χ3n) is 3.59. The van der Waals surface area contributed by atoms with Gasteiger partial charge in [-0.25, -0.2) is 9.79 Å². The largest absolute Gasteiger partial charge is 0.493 e. The number of hydrogen-bond acceptors (Lipinski definition) is 5. The molecule has 2 aromatic carbocycles. The average molecular weight is 359 g/mol. The summed E-state index contributed by atoms with van der Waals surface area (Å²) in [5.41, 5.74) is 2.43. The second-order valence-electron chi connectivity index (χ2n) is 5.49. The lowest BCUT2D eigenvalue weighted by atomic mass is 10.1. The number of esters is 1. The third-order valence-corrected chi connectivity index (χ3v) is 3.59. The van der Waals surface area contributed by atoms with Crippen LogP contribution in [0.2, 0.25) is 0 Å². The molecule has 0 N–H and O–H groups in total. The smallest absolute Gasteiger partial charge is 0.387 e. The average Bonchev–Trinajstić information content (AvgIpc) is 2.95. The SMILES string of the molecule is COc1cc(C2=N/C(=C/c3cccc(C)c3)C(=O)O2)ccc1OC(F)F. The first-order valence-corrected chi connectivity index (χ1v) is 7.68. The Morgan fingerprint density at radius 2 is 1.96 bits per heavy atom. The number of methoxy groups -OCH3 is 1. The number of ether oxygens (including phenoxy) is 3. The van der Waals surface area contributed by atoms with Crippen LogP contribution in [-0.4, -0.2) is 25.6 Å². The van der Waals surface area contributed by atoms with Gasteiger partial charge < -0.3 is 14.2 Å². The zero-order valence-corrected chi connectivity index (χ0v) is 14.0. The molecule has 0 radical (unpaired) electrons. The van der Waals surface area contributed by atoms with Crippen LogP contribution in [0, 0.1) is 6.92 Å². The van der Waals surface area contributed by atoms with E-state index in [1.165, 1.54) is 25.3 Å². The maximum Gasteiger partial charge on any atom is 0.387 e. The molecule has 2 aromatic rings. The monoisotopic (exact) mass is 359 g/mol. The highest BCUT2D eigenvalue weighted by molar-refractivity contribution is 6.13. The minimum Gasteiger partial charge on any atom is -0.493 e. The molecule has 0 spiro atoms. The fourth-order valence-electron chi connectivity index (χ4n) is 2.44. The zero-order chi connectivity index (χ0) is 18.7. The van der Waals surface area contributed by atoms with E-state index < -0.39 is 12.6 Å². The van der Waals surface area contributed by atoms with E-state index in [4.69, 9.17) is 9.47 Å². The number of aliphatic imine (C=N–C) groups is 1. The van der Waals surface area contributed by atoms with Gasteiger partial charge >= 0.3 is 12.6 Å². The molecule has 0 fully saturated rings. The van der Waals surface area contributed by atoms with Gasteiger partial charge in [-0.05, 0) is 36.8 Å². The number of benzene rings is 2. The Labute approximate surface area is 148 Å². The summed E-state index contributed by atoms with van der Waals surface area (Å²) >= 11 is 0. The minimum atomic E-state index is -2.97. The van der Waals surface area contributed by atoms with Crippen LogP contribution in [-0.2, 0) is 9.53 Å². The van der Waals surface area contributed by atoms with Crippen molar-refractivity contribution >= 4 is 17.9 Å². The fraction of sp³-hybridized carbons (Fsp3) is 0.158. The molecule has 1 aliphatic rings. The van der Waals surface area contributed by atoms with Crippen molar-refractivity contribution in [3.05, 3.63) is 64.9 Å². The maximum atomic E-state index is 12.4. The number of aryl methyl sites for hydroxylation is 1. The molecule has 0 atom stereocenters. The Bertz CT molecular complexity index is 906. The summed E-state index contributed by atoms with van der Waals surface area (Å²) in [6.45, 7) is -1.03. The van der Waals surface area contributed by atoms with Gasteiger partial charge in [0.15, 0.2) is 17.2 Å². The van der Waals surface area contributed by atoms with E-state index in [2.05, 4.69) is 9.73 Å². The molecule has 1 heterocycles. The van der Waals surface area contributed by atoms with Crippen molar-refractivity contribution < 1.29 is 27.8 Å². The number of rotatable bonds is 5. The predicted octanol–water partition coefficient (Wildman–Crippen LogP) is 3.95. The minimum absolute atomic E-state index is 0.0656. The molecule has 7 heteroatoms. The second kappa shape index (κ2) is 7.35. The van der Waals surface area contributed by atoms with E-state index >= 15 is 0 Å². The van der Waals surface area contributed by atoms with Crippen molar-refractivity contribution in [3.8, 4) is 11.5 Å². The van der Waals surface area contributed by atoms with Crippen molar-refractivity contribution in [1.29, 1.82) is 0 Å². The lowest BCUT2D eigenvalue weighted by Gasteiger charge is -2.10. The number of hydrogen-bond donors (Lipinski definition) is 0. The van der Waals surface area contributed by atoms with E-state index in [1.54, 1.807) is 6.08 Å². The van der Waals surface area contributed by atoms with E-state index in [0.29, 0.717) is 5.56 Å². The van der Waals surface area contributed by atoms with Crippen molar-refractivity contribution in [2.45, 2.75) is 13.5 Å². The Morgan fingerprint density at radius 3 is 2.65 bits per heavy atom. The normalized spacial score (nSPS) is 15.2. The molecule has 1 aliphatic heterocycles. The van der Waals surface area contributed by atoms with Gasteiger partial charge in [-0.15, -0.1) is 0 Å². The predicted molar refractivity (Wildman–Crippen MR) is 91.4 cm³/mol.